The molecule has 0 saturated carbocycles. The lowest BCUT2D eigenvalue weighted by Crippen LogP contribution is -2.41. The Morgan fingerprint density at radius 2 is 2.33 bits per heavy atom. The molecule has 1 aliphatic heterocycles. The van der Waals surface area contributed by atoms with Crippen LogP contribution in [0.3, 0.4) is 0 Å². The van der Waals surface area contributed by atoms with Gasteiger partial charge in [-0.15, -0.1) is 0 Å². The molecule has 0 bridgehead atoms. The molecule has 1 unspecified atom stereocenters. The standard InChI is InChI=1S/C12H13ClN2O3/c1-18-12(17)10-3-2-6-15(10)11(16)9-7-8(13)4-5-14-9/h4-5,7,10H,2-3,6H2,1H3. The summed E-state index contributed by atoms with van der Waals surface area (Å²) in [6.07, 6.45) is 2.88. The first-order chi connectivity index (χ1) is 8.63. The minimum atomic E-state index is -0.511. The van der Waals surface area contributed by atoms with Crippen molar-refractivity contribution < 1.29 is 14.3 Å². The van der Waals surface area contributed by atoms with Crippen molar-refractivity contribution in [3.05, 3.63) is 29.0 Å². The molecule has 1 fully saturated rings. The van der Waals surface area contributed by atoms with E-state index in [1.165, 1.54) is 24.3 Å². The Kier molecular flexibility index (Phi) is 3.81. The number of carbonyl (C=O) groups is 2. The predicted molar refractivity (Wildman–Crippen MR) is 65.3 cm³/mol. The molecule has 0 radical (unpaired) electrons. The number of amides is 1. The van der Waals surface area contributed by atoms with Crippen molar-refractivity contribution in [3.8, 4) is 0 Å². The van der Waals surface area contributed by atoms with Gasteiger partial charge in [0, 0.05) is 17.8 Å². The van der Waals surface area contributed by atoms with E-state index in [4.69, 9.17) is 16.3 Å². The lowest BCUT2D eigenvalue weighted by atomic mass is 10.2. The van der Waals surface area contributed by atoms with Crippen molar-refractivity contribution in [2.24, 2.45) is 0 Å². The number of pyridine rings is 1. The van der Waals surface area contributed by atoms with Crippen LogP contribution in [0, 0.1) is 0 Å². The molecule has 1 aliphatic rings. The molecular weight excluding hydrogens is 256 g/mol. The molecule has 1 aromatic rings. The summed E-state index contributed by atoms with van der Waals surface area (Å²) in [6.45, 7) is 0.535. The summed E-state index contributed by atoms with van der Waals surface area (Å²) in [5.41, 5.74) is 0.248. The summed E-state index contributed by atoms with van der Waals surface area (Å²) in [6, 6.07) is 2.58. The molecule has 1 atom stereocenters. The Balaban J connectivity index is 2.20. The lowest BCUT2D eigenvalue weighted by Gasteiger charge is -2.22. The van der Waals surface area contributed by atoms with Crippen LogP contribution in [0.4, 0.5) is 0 Å². The molecule has 6 heteroatoms. The number of likely N-dealkylation sites (tertiary alicyclic amines) is 1. The molecule has 1 aromatic heterocycles. The molecule has 0 spiro atoms. The molecule has 0 N–H and O–H groups in total. The van der Waals surface area contributed by atoms with Gasteiger partial charge in [0.05, 0.1) is 7.11 Å². The second kappa shape index (κ2) is 5.35. The van der Waals surface area contributed by atoms with E-state index in [0.717, 1.165) is 6.42 Å². The van der Waals surface area contributed by atoms with Gasteiger partial charge in [-0.05, 0) is 25.0 Å². The molecule has 0 aromatic carbocycles. The van der Waals surface area contributed by atoms with Gasteiger partial charge in [0.15, 0.2) is 0 Å². The van der Waals surface area contributed by atoms with Crippen LogP contribution in [0.1, 0.15) is 23.3 Å². The number of carbonyl (C=O) groups excluding carboxylic acids is 2. The van der Waals surface area contributed by atoms with E-state index in [1.54, 1.807) is 6.07 Å². The maximum absolute atomic E-state index is 12.2. The molecule has 2 rings (SSSR count). The van der Waals surface area contributed by atoms with E-state index in [2.05, 4.69) is 4.98 Å². The first-order valence-corrected chi connectivity index (χ1v) is 6.01. The minimum Gasteiger partial charge on any atom is -0.467 e. The Bertz CT molecular complexity index is 478. The maximum atomic E-state index is 12.2. The molecule has 1 amide bonds. The maximum Gasteiger partial charge on any atom is 0.328 e. The fourth-order valence-corrected chi connectivity index (χ4v) is 2.22. The molecule has 1 saturated heterocycles. The number of esters is 1. The summed E-state index contributed by atoms with van der Waals surface area (Å²) in [5.74, 6) is -0.673. The fourth-order valence-electron chi connectivity index (χ4n) is 2.06. The van der Waals surface area contributed by atoms with Crippen LogP contribution in [0.2, 0.25) is 5.02 Å². The largest absolute Gasteiger partial charge is 0.467 e. The summed E-state index contributed by atoms with van der Waals surface area (Å²) >= 11 is 5.82. The van der Waals surface area contributed by atoms with Crippen molar-refractivity contribution in [3.63, 3.8) is 0 Å². The number of methoxy groups -OCH3 is 1. The van der Waals surface area contributed by atoms with E-state index in [9.17, 15) is 9.59 Å². The Morgan fingerprint density at radius 3 is 3.00 bits per heavy atom. The van der Waals surface area contributed by atoms with Crippen LogP contribution in [-0.4, -0.2) is 41.5 Å². The Hall–Kier alpha value is -1.62. The third kappa shape index (κ3) is 2.46. The van der Waals surface area contributed by atoms with Crippen LogP contribution in [0.5, 0.6) is 0 Å². The quantitative estimate of drug-likeness (QED) is 0.763. The monoisotopic (exact) mass is 268 g/mol. The Labute approximate surface area is 110 Å². The van der Waals surface area contributed by atoms with Crippen LogP contribution >= 0.6 is 11.6 Å². The average molecular weight is 269 g/mol. The van der Waals surface area contributed by atoms with E-state index in [-0.39, 0.29) is 17.6 Å². The molecule has 0 aliphatic carbocycles. The molecule has 96 valence electrons. The topological polar surface area (TPSA) is 59.5 Å². The van der Waals surface area contributed by atoms with Gasteiger partial charge < -0.3 is 9.64 Å². The number of aromatic nitrogens is 1. The highest BCUT2D eigenvalue weighted by atomic mass is 35.5. The first-order valence-electron chi connectivity index (χ1n) is 5.64. The van der Waals surface area contributed by atoms with Crippen LogP contribution in [0.15, 0.2) is 18.3 Å². The average Bonchev–Trinajstić information content (AvgIpc) is 2.86. The molecular formula is C12H13ClN2O3. The van der Waals surface area contributed by atoms with Gasteiger partial charge in [-0.2, -0.15) is 0 Å². The fraction of sp³-hybridized carbons (Fsp3) is 0.417. The smallest absolute Gasteiger partial charge is 0.328 e. The number of hydrogen-bond acceptors (Lipinski definition) is 4. The summed E-state index contributed by atoms with van der Waals surface area (Å²) < 4.78 is 4.69. The van der Waals surface area contributed by atoms with Gasteiger partial charge in [0.1, 0.15) is 11.7 Å². The van der Waals surface area contributed by atoms with Crippen molar-refractivity contribution >= 4 is 23.5 Å². The summed E-state index contributed by atoms with van der Waals surface area (Å²) in [5, 5.41) is 0.446. The normalized spacial score (nSPS) is 18.8. The van der Waals surface area contributed by atoms with Gasteiger partial charge >= 0.3 is 5.97 Å². The van der Waals surface area contributed by atoms with Crippen LogP contribution in [0.25, 0.3) is 0 Å². The van der Waals surface area contributed by atoms with Crippen molar-refractivity contribution in [1.29, 1.82) is 0 Å². The third-order valence-electron chi connectivity index (χ3n) is 2.93. The lowest BCUT2D eigenvalue weighted by molar-refractivity contribution is -0.145. The first kappa shape index (κ1) is 12.8. The number of nitrogens with zero attached hydrogens (tertiary/aromatic N) is 2. The highest BCUT2D eigenvalue weighted by Gasteiger charge is 2.35. The zero-order valence-corrected chi connectivity index (χ0v) is 10.7. The zero-order valence-electron chi connectivity index (χ0n) is 9.93. The van der Waals surface area contributed by atoms with E-state index in [0.29, 0.717) is 18.0 Å². The predicted octanol–water partition coefficient (Wildman–Crippen LogP) is 1.51. The second-order valence-corrected chi connectivity index (χ2v) is 4.48. The SMILES string of the molecule is COC(=O)C1CCCN1C(=O)c1cc(Cl)ccn1. The van der Waals surface area contributed by atoms with Gasteiger partial charge in [-0.1, -0.05) is 11.6 Å². The van der Waals surface area contributed by atoms with Crippen LogP contribution < -0.4 is 0 Å². The summed E-state index contributed by atoms with van der Waals surface area (Å²) in [7, 11) is 1.32. The van der Waals surface area contributed by atoms with Gasteiger partial charge in [-0.25, -0.2) is 4.79 Å². The number of halogens is 1. The summed E-state index contributed by atoms with van der Waals surface area (Å²) in [4.78, 5) is 29.3. The molecule has 18 heavy (non-hydrogen) atoms. The Morgan fingerprint density at radius 1 is 1.56 bits per heavy atom. The number of ether oxygens (including phenoxy) is 1. The van der Waals surface area contributed by atoms with Crippen molar-refractivity contribution in [2.75, 3.05) is 13.7 Å². The number of rotatable bonds is 2. The van der Waals surface area contributed by atoms with E-state index in [1.807, 2.05) is 0 Å². The molecule has 5 nitrogen and oxygen atoms in total. The highest BCUT2D eigenvalue weighted by Crippen LogP contribution is 2.21. The van der Waals surface area contributed by atoms with Gasteiger partial charge in [0.25, 0.3) is 5.91 Å². The van der Waals surface area contributed by atoms with Crippen molar-refractivity contribution in [2.45, 2.75) is 18.9 Å². The molecule has 2 heterocycles. The second-order valence-electron chi connectivity index (χ2n) is 4.04. The third-order valence-corrected chi connectivity index (χ3v) is 3.16. The number of hydrogen-bond donors (Lipinski definition) is 0. The van der Waals surface area contributed by atoms with Gasteiger partial charge in [-0.3, -0.25) is 9.78 Å². The van der Waals surface area contributed by atoms with Gasteiger partial charge in [0.2, 0.25) is 0 Å². The van der Waals surface area contributed by atoms with E-state index < -0.39 is 6.04 Å². The minimum absolute atomic E-state index is 0.248. The van der Waals surface area contributed by atoms with Crippen molar-refractivity contribution in [1.82, 2.24) is 9.88 Å². The van der Waals surface area contributed by atoms with Crippen LogP contribution in [-0.2, 0) is 9.53 Å². The highest BCUT2D eigenvalue weighted by molar-refractivity contribution is 6.30. The zero-order chi connectivity index (χ0) is 13.1. The van der Waals surface area contributed by atoms with E-state index >= 15 is 0 Å².